The molecule has 2 aliphatic heterocycles. The Morgan fingerprint density at radius 1 is 1.26 bits per heavy atom. The van der Waals surface area contributed by atoms with E-state index >= 15 is 0 Å². The molecule has 0 radical (unpaired) electrons. The number of carboxylic acids is 1. The van der Waals surface area contributed by atoms with E-state index in [2.05, 4.69) is 17.9 Å². The Labute approximate surface area is 164 Å². The van der Waals surface area contributed by atoms with Crippen LogP contribution in [0.2, 0.25) is 0 Å². The van der Waals surface area contributed by atoms with Gasteiger partial charge in [0.05, 0.1) is 11.3 Å². The fourth-order valence-electron chi connectivity index (χ4n) is 4.06. The van der Waals surface area contributed by atoms with E-state index in [1.165, 1.54) is 4.90 Å². The Morgan fingerprint density at radius 2 is 1.96 bits per heavy atom. The first-order chi connectivity index (χ1) is 12.8. The van der Waals surface area contributed by atoms with Crippen LogP contribution < -0.4 is 5.32 Å². The molecule has 146 valence electrons. The van der Waals surface area contributed by atoms with Crippen LogP contribution in [0.1, 0.15) is 50.3 Å². The SMILES string of the molecule is CC(C)[C@@H](S)C(=O)N[C@H]1Cc2ccccc2C2CCC[C@@H](C(=O)O)N2C1=O. The summed E-state index contributed by atoms with van der Waals surface area (Å²) in [6, 6.07) is 5.83. The van der Waals surface area contributed by atoms with Gasteiger partial charge in [0, 0.05) is 6.42 Å². The summed E-state index contributed by atoms with van der Waals surface area (Å²) in [4.78, 5) is 39.1. The zero-order valence-corrected chi connectivity index (χ0v) is 16.5. The lowest BCUT2D eigenvalue weighted by Crippen LogP contribution is -2.56. The summed E-state index contributed by atoms with van der Waals surface area (Å²) >= 11 is 4.34. The van der Waals surface area contributed by atoms with Crippen LogP contribution in [-0.4, -0.2) is 45.1 Å². The highest BCUT2D eigenvalue weighted by Crippen LogP contribution is 2.39. The highest BCUT2D eigenvalue weighted by Gasteiger charge is 2.44. The van der Waals surface area contributed by atoms with E-state index < -0.39 is 23.3 Å². The van der Waals surface area contributed by atoms with Gasteiger partial charge in [-0.1, -0.05) is 38.1 Å². The molecular weight excluding hydrogens is 364 g/mol. The van der Waals surface area contributed by atoms with Gasteiger partial charge < -0.3 is 15.3 Å². The van der Waals surface area contributed by atoms with E-state index in [-0.39, 0.29) is 23.8 Å². The summed E-state index contributed by atoms with van der Waals surface area (Å²) in [5.41, 5.74) is 1.97. The first kappa shape index (κ1) is 19.7. The van der Waals surface area contributed by atoms with Gasteiger partial charge in [0.25, 0.3) is 0 Å². The van der Waals surface area contributed by atoms with Crippen molar-refractivity contribution in [1.82, 2.24) is 10.2 Å². The molecule has 0 aliphatic carbocycles. The van der Waals surface area contributed by atoms with Crippen molar-refractivity contribution in [3.05, 3.63) is 35.4 Å². The molecule has 2 N–H and O–H groups in total. The lowest BCUT2D eigenvalue weighted by molar-refractivity contribution is -0.156. The predicted molar refractivity (Wildman–Crippen MR) is 105 cm³/mol. The molecule has 0 saturated carbocycles. The lowest BCUT2D eigenvalue weighted by Gasteiger charge is -2.40. The van der Waals surface area contributed by atoms with Crippen molar-refractivity contribution < 1.29 is 19.5 Å². The molecule has 3 rings (SSSR count). The van der Waals surface area contributed by atoms with E-state index in [4.69, 9.17) is 0 Å². The summed E-state index contributed by atoms with van der Waals surface area (Å²) in [5.74, 6) is -1.59. The first-order valence-corrected chi connectivity index (χ1v) is 9.94. The maximum Gasteiger partial charge on any atom is 0.326 e. The molecule has 1 fully saturated rings. The summed E-state index contributed by atoms with van der Waals surface area (Å²) in [6.07, 6.45) is 2.28. The van der Waals surface area contributed by atoms with Crippen LogP contribution in [0.15, 0.2) is 24.3 Å². The van der Waals surface area contributed by atoms with Crippen molar-refractivity contribution in [3.63, 3.8) is 0 Å². The molecular formula is C20H26N2O4S. The van der Waals surface area contributed by atoms with E-state index in [0.717, 1.165) is 24.0 Å². The molecule has 2 aliphatic rings. The topological polar surface area (TPSA) is 86.7 Å². The molecule has 6 nitrogen and oxygen atoms in total. The van der Waals surface area contributed by atoms with Gasteiger partial charge in [-0.3, -0.25) is 9.59 Å². The number of carbonyl (C=O) groups excluding carboxylic acids is 2. The number of piperidine rings is 1. The number of nitrogens with one attached hydrogen (secondary N) is 1. The molecule has 1 aromatic rings. The molecule has 27 heavy (non-hydrogen) atoms. The summed E-state index contributed by atoms with van der Waals surface area (Å²) < 4.78 is 0. The third-order valence-corrected chi connectivity index (χ3v) is 6.35. The van der Waals surface area contributed by atoms with Crippen LogP contribution in [-0.2, 0) is 20.8 Å². The molecule has 0 bridgehead atoms. The number of benzene rings is 1. The minimum atomic E-state index is -0.994. The van der Waals surface area contributed by atoms with Crippen molar-refractivity contribution in [2.24, 2.45) is 5.92 Å². The number of fused-ring (bicyclic) bond motifs is 3. The monoisotopic (exact) mass is 390 g/mol. The van der Waals surface area contributed by atoms with Crippen molar-refractivity contribution in [1.29, 1.82) is 0 Å². The predicted octanol–water partition coefficient (Wildman–Crippen LogP) is 2.19. The minimum Gasteiger partial charge on any atom is -0.480 e. The van der Waals surface area contributed by atoms with Crippen LogP contribution in [0.3, 0.4) is 0 Å². The molecule has 7 heteroatoms. The number of hydrogen-bond acceptors (Lipinski definition) is 4. The Bertz CT molecular complexity index is 751. The van der Waals surface area contributed by atoms with E-state index in [1.807, 2.05) is 38.1 Å². The molecule has 2 amide bonds. The molecule has 1 aromatic carbocycles. The van der Waals surface area contributed by atoms with Gasteiger partial charge in [-0.2, -0.15) is 12.6 Å². The van der Waals surface area contributed by atoms with Crippen LogP contribution in [0, 0.1) is 5.92 Å². The van der Waals surface area contributed by atoms with Crippen LogP contribution in [0.4, 0.5) is 0 Å². The lowest BCUT2D eigenvalue weighted by atomic mass is 9.89. The second-order valence-electron chi connectivity index (χ2n) is 7.70. The smallest absolute Gasteiger partial charge is 0.326 e. The molecule has 0 aromatic heterocycles. The highest BCUT2D eigenvalue weighted by atomic mass is 32.1. The number of amides is 2. The van der Waals surface area contributed by atoms with E-state index in [1.54, 1.807) is 0 Å². The number of carboxylic acid groups (broad SMARTS) is 1. The molecule has 0 spiro atoms. The van der Waals surface area contributed by atoms with Crippen molar-refractivity contribution in [2.75, 3.05) is 0 Å². The van der Waals surface area contributed by atoms with Gasteiger partial charge in [-0.15, -0.1) is 0 Å². The maximum atomic E-state index is 13.3. The second kappa shape index (κ2) is 7.92. The minimum absolute atomic E-state index is 0.0241. The van der Waals surface area contributed by atoms with Crippen molar-refractivity contribution >= 4 is 30.4 Å². The summed E-state index contributed by atoms with van der Waals surface area (Å²) in [7, 11) is 0. The number of hydrogen-bond donors (Lipinski definition) is 3. The van der Waals surface area contributed by atoms with Gasteiger partial charge in [0.2, 0.25) is 11.8 Å². The number of rotatable bonds is 4. The Hall–Kier alpha value is -2.02. The van der Waals surface area contributed by atoms with Crippen LogP contribution >= 0.6 is 12.6 Å². The van der Waals surface area contributed by atoms with Gasteiger partial charge in [0.15, 0.2) is 0 Å². The Kier molecular flexibility index (Phi) is 5.79. The first-order valence-electron chi connectivity index (χ1n) is 9.42. The van der Waals surface area contributed by atoms with Gasteiger partial charge in [0.1, 0.15) is 12.1 Å². The van der Waals surface area contributed by atoms with Crippen molar-refractivity contribution in [3.8, 4) is 0 Å². The average molecular weight is 391 g/mol. The number of carbonyl (C=O) groups is 3. The second-order valence-corrected chi connectivity index (χ2v) is 8.26. The average Bonchev–Trinajstić information content (AvgIpc) is 2.76. The number of thiol groups is 1. The largest absolute Gasteiger partial charge is 0.480 e. The summed E-state index contributed by atoms with van der Waals surface area (Å²) in [5, 5.41) is 12.0. The van der Waals surface area contributed by atoms with Gasteiger partial charge >= 0.3 is 5.97 Å². The normalized spacial score (nSPS) is 26.0. The third kappa shape index (κ3) is 3.83. The Balaban J connectivity index is 1.98. The van der Waals surface area contributed by atoms with E-state index in [0.29, 0.717) is 12.8 Å². The molecule has 4 atom stereocenters. The number of aliphatic carboxylic acids is 1. The molecule has 1 saturated heterocycles. The quantitative estimate of drug-likeness (QED) is 0.688. The fraction of sp³-hybridized carbons (Fsp3) is 0.550. The van der Waals surface area contributed by atoms with Crippen molar-refractivity contribution in [2.45, 2.75) is 62.9 Å². The standard InChI is InChI=1S/C20H26N2O4S/c1-11(2)17(27)18(23)21-14-10-12-6-3-4-7-13(12)15-8-5-9-16(20(25)26)22(15)19(14)24/h3-4,6-7,11,14-17,27H,5,8-10H2,1-2H3,(H,21,23)(H,25,26)/t14-,15?,16-,17+/m0/s1. The van der Waals surface area contributed by atoms with Crippen LogP contribution in [0.25, 0.3) is 0 Å². The highest BCUT2D eigenvalue weighted by molar-refractivity contribution is 7.81. The van der Waals surface area contributed by atoms with Gasteiger partial charge in [-0.25, -0.2) is 4.79 Å². The Morgan fingerprint density at radius 3 is 2.63 bits per heavy atom. The zero-order valence-electron chi connectivity index (χ0n) is 15.6. The van der Waals surface area contributed by atoms with Crippen LogP contribution in [0.5, 0.6) is 0 Å². The van der Waals surface area contributed by atoms with E-state index in [9.17, 15) is 19.5 Å². The zero-order chi connectivity index (χ0) is 19.7. The number of nitrogens with zero attached hydrogens (tertiary/aromatic N) is 1. The maximum absolute atomic E-state index is 13.3. The third-order valence-electron chi connectivity index (χ3n) is 5.52. The molecule has 1 unspecified atom stereocenters. The summed E-state index contributed by atoms with van der Waals surface area (Å²) in [6.45, 7) is 3.78. The fourth-order valence-corrected chi connectivity index (χ4v) is 4.13. The molecule has 2 heterocycles. The van der Waals surface area contributed by atoms with Gasteiger partial charge in [-0.05, 0) is 36.3 Å².